The van der Waals surface area contributed by atoms with E-state index in [1.165, 1.54) is 0 Å². The lowest BCUT2D eigenvalue weighted by atomic mass is 10.5. The van der Waals surface area contributed by atoms with Crippen LogP contribution in [0.5, 0.6) is 0 Å². The number of hydrogen-bond acceptors (Lipinski definition) is 3. The van der Waals surface area contributed by atoms with Crippen LogP contribution in [0.3, 0.4) is 0 Å². The Morgan fingerprint density at radius 3 is 2.20 bits per heavy atom. The van der Waals surface area contributed by atoms with Gasteiger partial charge in [-0.05, 0) is 25.7 Å². The van der Waals surface area contributed by atoms with Gasteiger partial charge in [0.05, 0.1) is 0 Å². The van der Waals surface area contributed by atoms with Crippen LogP contribution in [-0.4, -0.2) is 60.7 Å². The standard InChI is InChI=1S/C8H25F3O3Si6/c1-5-19(4)14-17-20(12-15,16-13-18(2)3)7-6-8(9,10)11/h5,18-19H,1,6-7,16-17H2,2-4,15H3. The topological polar surface area (TPSA) is 27.7 Å². The minimum absolute atomic E-state index is 0.137. The smallest absolute Gasteiger partial charge is 0.388 e. The Balaban J connectivity index is 4.72. The molecule has 0 heterocycles. The average molecular weight is 395 g/mol. The number of hydrogen-bond donors (Lipinski definition) is 0. The molecule has 120 valence electrons. The predicted molar refractivity (Wildman–Crippen MR) is 93.6 cm³/mol. The lowest BCUT2D eigenvalue weighted by Crippen LogP contribution is -2.55. The molecular formula is C8H25F3O3Si6. The number of halogens is 3. The Kier molecular flexibility index (Phi) is 10.0. The highest BCUT2D eigenvalue weighted by Crippen LogP contribution is 2.26. The maximum Gasteiger partial charge on any atom is 0.388 e. The van der Waals surface area contributed by atoms with Crippen molar-refractivity contribution in [3.8, 4) is 0 Å². The third-order valence-corrected chi connectivity index (χ3v) is 32.5. The van der Waals surface area contributed by atoms with Crippen LogP contribution in [0.4, 0.5) is 13.2 Å². The van der Waals surface area contributed by atoms with Gasteiger partial charge in [-0.15, -0.1) is 6.58 Å². The van der Waals surface area contributed by atoms with E-state index < -0.39 is 56.6 Å². The summed E-state index contributed by atoms with van der Waals surface area (Å²) in [6, 6.07) is 0.137. The average Bonchev–Trinajstić information content (AvgIpc) is 2.37. The zero-order valence-corrected chi connectivity index (χ0v) is 20.8. The van der Waals surface area contributed by atoms with Crippen molar-refractivity contribution >= 4 is 54.5 Å². The molecule has 0 aromatic rings. The second-order valence-corrected chi connectivity index (χ2v) is 29.3. The Labute approximate surface area is 130 Å². The lowest BCUT2D eigenvalue weighted by Gasteiger charge is -2.31. The van der Waals surface area contributed by atoms with Crippen molar-refractivity contribution < 1.29 is 25.5 Å². The highest BCUT2D eigenvalue weighted by atomic mass is 29.6. The third kappa shape index (κ3) is 9.61. The van der Waals surface area contributed by atoms with Crippen LogP contribution in [0, 0.1) is 0 Å². The molecule has 2 atom stereocenters. The van der Waals surface area contributed by atoms with E-state index in [-0.39, 0.29) is 6.04 Å². The van der Waals surface area contributed by atoms with Crippen molar-refractivity contribution in [3.63, 3.8) is 0 Å². The van der Waals surface area contributed by atoms with E-state index in [1.807, 2.05) is 25.3 Å². The first-order valence-electron chi connectivity index (χ1n) is 6.62. The molecule has 20 heavy (non-hydrogen) atoms. The van der Waals surface area contributed by atoms with Gasteiger partial charge in [0.15, 0.2) is 44.0 Å². The maximum absolute atomic E-state index is 12.5. The first kappa shape index (κ1) is 20.7. The summed E-state index contributed by atoms with van der Waals surface area (Å²) in [7, 11) is -6.53. The SMILES string of the molecule is C=C[SiH](C)O[SiH2][Si](CCC(F)(F)F)(O[SiH3])[SiH2]O[SiH](C)C. The minimum atomic E-state index is -4.11. The Bertz CT molecular complexity index is 293. The molecule has 3 nitrogen and oxygen atoms in total. The minimum Gasteiger partial charge on any atom is -0.465 e. The summed E-state index contributed by atoms with van der Waals surface area (Å²) in [5.41, 5.74) is 1.81. The molecule has 0 spiro atoms. The van der Waals surface area contributed by atoms with E-state index in [0.717, 1.165) is 0 Å². The molecule has 2 unspecified atom stereocenters. The molecule has 0 fully saturated rings. The molecule has 0 N–H and O–H groups in total. The fourth-order valence-corrected chi connectivity index (χ4v) is 31.9. The predicted octanol–water partition coefficient (Wildman–Crippen LogP) is -0.562. The van der Waals surface area contributed by atoms with Gasteiger partial charge in [-0.2, -0.15) is 13.2 Å². The van der Waals surface area contributed by atoms with Gasteiger partial charge in [-0.25, -0.2) is 0 Å². The van der Waals surface area contributed by atoms with Crippen molar-refractivity contribution in [3.05, 3.63) is 12.3 Å². The first-order valence-corrected chi connectivity index (χ1v) is 20.4. The van der Waals surface area contributed by atoms with Gasteiger partial charge < -0.3 is 12.3 Å². The van der Waals surface area contributed by atoms with E-state index >= 15 is 0 Å². The van der Waals surface area contributed by atoms with Gasteiger partial charge >= 0.3 is 6.18 Å². The highest BCUT2D eigenvalue weighted by Gasteiger charge is 2.40. The summed E-state index contributed by atoms with van der Waals surface area (Å²) >= 11 is 0. The van der Waals surface area contributed by atoms with Gasteiger partial charge in [-0.3, -0.25) is 0 Å². The molecule has 12 heteroatoms. The summed E-state index contributed by atoms with van der Waals surface area (Å²) in [6.07, 6.45) is -4.87. The van der Waals surface area contributed by atoms with Crippen LogP contribution in [-0.2, 0) is 12.3 Å². The summed E-state index contributed by atoms with van der Waals surface area (Å²) in [4.78, 5) is 0. The third-order valence-electron chi connectivity index (χ3n) is 2.92. The normalized spacial score (nSPS) is 18.4. The van der Waals surface area contributed by atoms with Crippen molar-refractivity contribution in [1.29, 1.82) is 0 Å². The van der Waals surface area contributed by atoms with E-state index in [4.69, 9.17) is 12.3 Å². The number of alkyl halides is 3. The zero-order chi connectivity index (χ0) is 15.8. The van der Waals surface area contributed by atoms with Crippen LogP contribution in [0.2, 0.25) is 25.7 Å². The molecule has 0 aliphatic carbocycles. The summed E-state index contributed by atoms with van der Waals surface area (Å²) in [6.45, 7) is 9.79. The highest BCUT2D eigenvalue weighted by molar-refractivity contribution is 7.46. The van der Waals surface area contributed by atoms with Crippen molar-refractivity contribution in [2.45, 2.75) is 38.3 Å². The summed E-state index contributed by atoms with van der Waals surface area (Å²) in [5.74, 6) is 0. The Morgan fingerprint density at radius 1 is 1.25 bits per heavy atom. The lowest BCUT2D eigenvalue weighted by molar-refractivity contribution is -0.130. The molecule has 0 saturated carbocycles. The summed E-state index contributed by atoms with van der Waals surface area (Å²) < 4.78 is 55.0. The van der Waals surface area contributed by atoms with Gasteiger partial charge in [0.1, 0.15) is 10.5 Å². The van der Waals surface area contributed by atoms with Gasteiger partial charge in [0.2, 0.25) is 0 Å². The maximum atomic E-state index is 12.5. The van der Waals surface area contributed by atoms with Crippen LogP contribution < -0.4 is 0 Å². The van der Waals surface area contributed by atoms with Crippen molar-refractivity contribution in [1.82, 2.24) is 0 Å². The van der Waals surface area contributed by atoms with Crippen molar-refractivity contribution in [2.75, 3.05) is 0 Å². The molecule has 0 aliphatic rings. The molecule has 0 aromatic carbocycles. The monoisotopic (exact) mass is 394 g/mol. The first-order chi connectivity index (χ1) is 9.14. The van der Waals surface area contributed by atoms with E-state index in [9.17, 15) is 13.2 Å². The fraction of sp³-hybridized carbons (Fsp3) is 0.750. The van der Waals surface area contributed by atoms with E-state index in [0.29, 0.717) is 10.5 Å². The molecule has 0 aliphatic heterocycles. The molecule has 0 saturated heterocycles. The van der Waals surface area contributed by atoms with Gasteiger partial charge in [-0.1, -0.05) is 5.70 Å². The second-order valence-electron chi connectivity index (χ2n) is 5.11. The quantitative estimate of drug-likeness (QED) is 0.465. The van der Waals surface area contributed by atoms with Crippen LogP contribution in [0.25, 0.3) is 0 Å². The molecule has 0 bridgehead atoms. The molecule has 0 amide bonds. The Hall–Kier alpha value is 0.711. The zero-order valence-electron chi connectivity index (χ0n) is 12.6. The van der Waals surface area contributed by atoms with Crippen LogP contribution in [0.1, 0.15) is 6.42 Å². The van der Waals surface area contributed by atoms with Crippen LogP contribution >= 0.6 is 0 Å². The van der Waals surface area contributed by atoms with Crippen molar-refractivity contribution in [2.24, 2.45) is 0 Å². The molecular weight excluding hydrogens is 370 g/mol. The van der Waals surface area contributed by atoms with Gasteiger partial charge in [0, 0.05) is 6.42 Å². The fourth-order valence-electron chi connectivity index (χ4n) is 1.45. The van der Waals surface area contributed by atoms with E-state index in [1.54, 1.807) is 0 Å². The second kappa shape index (κ2) is 9.67. The largest absolute Gasteiger partial charge is 0.465 e. The van der Waals surface area contributed by atoms with Gasteiger partial charge in [0.25, 0.3) is 0 Å². The summed E-state index contributed by atoms with van der Waals surface area (Å²) in [5, 5.41) is 0. The molecule has 0 rings (SSSR count). The Morgan fingerprint density at radius 2 is 1.80 bits per heavy atom. The molecule has 0 aromatic heterocycles. The molecule has 0 radical (unpaired) electrons. The van der Waals surface area contributed by atoms with Crippen LogP contribution in [0.15, 0.2) is 12.3 Å². The number of rotatable bonds is 10. The van der Waals surface area contributed by atoms with E-state index in [2.05, 4.69) is 6.58 Å².